The fraction of sp³-hybridized carbons (Fsp3) is 0.312. The number of carbonyl (C=O) groups excluding carboxylic acids is 1. The van der Waals surface area contributed by atoms with Gasteiger partial charge in [0.05, 0.1) is 10.5 Å². The van der Waals surface area contributed by atoms with Crippen molar-refractivity contribution >= 4 is 27.4 Å². The second kappa shape index (κ2) is 6.67. The summed E-state index contributed by atoms with van der Waals surface area (Å²) in [5.41, 5.74) is 0.860. The molecule has 1 aromatic heterocycles. The van der Waals surface area contributed by atoms with Crippen molar-refractivity contribution in [2.24, 2.45) is 7.05 Å². The number of nitrogens with one attached hydrogen (secondary N) is 1. The van der Waals surface area contributed by atoms with Crippen LogP contribution in [0, 0.1) is 0 Å². The maximum absolute atomic E-state index is 12.4. The van der Waals surface area contributed by atoms with Crippen molar-refractivity contribution < 1.29 is 23.1 Å². The highest BCUT2D eigenvalue weighted by molar-refractivity contribution is 7.90. The topological polar surface area (TPSA) is 118 Å². The number of carboxylic acid groups (broad SMARTS) is 1. The van der Waals surface area contributed by atoms with Crippen molar-refractivity contribution in [2.75, 3.05) is 11.6 Å². The molecule has 0 aliphatic heterocycles. The number of hydrogen-bond acceptors (Lipinski definition) is 5. The molecule has 1 heterocycles. The third-order valence-corrected chi connectivity index (χ3v) is 4.67. The van der Waals surface area contributed by atoms with Gasteiger partial charge in [-0.15, -0.1) is 0 Å². The molecule has 0 saturated heterocycles. The van der Waals surface area contributed by atoms with Crippen LogP contribution in [0.4, 0.5) is 5.69 Å². The summed E-state index contributed by atoms with van der Waals surface area (Å²) in [5, 5.41) is 15.8. The minimum atomic E-state index is -3.63. The molecule has 0 atom stereocenters. The molecule has 1 aromatic carbocycles. The first kappa shape index (κ1) is 18.7. The lowest BCUT2D eigenvalue weighted by molar-refractivity contribution is 0.0696. The van der Waals surface area contributed by atoms with E-state index in [1.807, 2.05) is 13.8 Å². The maximum Gasteiger partial charge on any atom is 0.335 e. The lowest BCUT2D eigenvalue weighted by atomic mass is 10.1. The first-order valence-corrected chi connectivity index (χ1v) is 9.32. The molecule has 0 fully saturated rings. The number of anilines is 1. The van der Waals surface area contributed by atoms with Crippen LogP contribution in [-0.2, 0) is 16.9 Å². The minimum Gasteiger partial charge on any atom is -0.478 e. The summed E-state index contributed by atoms with van der Waals surface area (Å²) in [6.07, 6.45) is 0.966. The van der Waals surface area contributed by atoms with Gasteiger partial charge in [-0.05, 0) is 30.2 Å². The smallest absolute Gasteiger partial charge is 0.335 e. The molecule has 9 heteroatoms. The number of rotatable bonds is 5. The summed E-state index contributed by atoms with van der Waals surface area (Å²) in [4.78, 5) is 23.4. The molecule has 8 nitrogen and oxygen atoms in total. The van der Waals surface area contributed by atoms with Crippen LogP contribution in [0.5, 0.6) is 0 Å². The van der Waals surface area contributed by atoms with Crippen molar-refractivity contribution in [3.63, 3.8) is 0 Å². The van der Waals surface area contributed by atoms with Crippen molar-refractivity contribution in [3.05, 3.63) is 41.2 Å². The summed E-state index contributed by atoms with van der Waals surface area (Å²) < 4.78 is 25.0. The van der Waals surface area contributed by atoms with E-state index in [1.165, 1.54) is 12.1 Å². The van der Waals surface area contributed by atoms with Gasteiger partial charge in [0.15, 0.2) is 15.5 Å². The van der Waals surface area contributed by atoms with Crippen molar-refractivity contribution in [1.82, 2.24) is 9.78 Å². The highest BCUT2D eigenvalue weighted by Gasteiger charge is 2.18. The molecule has 2 rings (SSSR count). The number of aromatic nitrogens is 2. The largest absolute Gasteiger partial charge is 0.478 e. The average molecular weight is 365 g/mol. The normalized spacial score (nSPS) is 11.6. The predicted octanol–water partition coefficient (Wildman–Crippen LogP) is 1.90. The number of sulfone groups is 1. The van der Waals surface area contributed by atoms with Crippen molar-refractivity contribution in [2.45, 2.75) is 24.7 Å². The highest BCUT2D eigenvalue weighted by Crippen LogP contribution is 2.21. The van der Waals surface area contributed by atoms with E-state index in [9.17, 15) is 18.0 Å². The molecule has 0 unspecified atom stereocenters. The van der Waals surface area contributed by atoms with Crippen LogP contribution in [0.25, 0.3) is 0 Å². The SMILES string of the molecule is CC(C)c1cc(C(=O)Nc2cc(C(=O)O)cc(S(C)(=O)=O)c2)nn1C. The van der Waals surface area contributed by atoms with Gasteiger partial charge in [-0.25, -0.2) is 13.2 Å². The Morgan fingerprint density at radius 1 is 1.20 bits per heavy atom. The number of benzene rings is 1. The van der Waals surface area contributed by atoms with Crippen molar-refractivity contribution in [1.29, 1.82) is 0 Å². The lowest BCUT2D eigenvalue weighted by Gasteiger charge is -2.07. The van der Waals surface area contributed by atoms with Crippen LogP contribution in [-0.4, -0.2) is 41.4 Å². The van der Waals surface area contributed by atoms with Gasteiger partial charge in [0.1, 0.15) is 0 Å². The molecule has 0 saturated carbocycles. The number of nitrogens with zero attached hydrogens (tertiary/aromatic N) is 2. The van der Waals surface area contributed by atoms with Gasteiger partial charge in [0, 0.05) is 24.7 Å². The minimum absolute atomic E-state index is 0.0714. The average Bonchev–Trinajstić information content (AvgIpc) is 2.88. The Balaban J connectivity index is 2.39. The molecule has 1 amide bonds. The summed E-state index contributed by atoms with van der Waals surface area (Å²) in [6, 6.07) is 5.09. The number of aromatic carboxylic acids is 1. The number of carboxylic acids is 1. The van der Waals surface area contributed by atoms with Crippen LogP contribution in [0.2, 0.25) is 0 Å². The molecule has 134 valence electrons. The van der Waals surface area contributed by atoms with Gasteiger partial charge < -0.3 is 10.4 Å². The summed E-state index contributed by atoms with van der Waals surface area (Å²) in [7, 11) is -1.91. The third kappa shape index (κ3) is 4.24. The van der Waals surface area contributed by atoms with E-state index in [1.54, 1.807) is 17.8 Å². The fourth-order valence-electron chi connectivity index (χ4n) is 2.34. The Morgan fingerprint density at radius 2 is 1.84 bits per heavy atom. The fourth-order valence-corrected chi connectivity index (χ4v) is 3.02. The molecular formula is C16H19N3O5S. The maximum atomic E-state index is 12.4. The molecule has 0 spiro atoms. The molecule has 2 aromatic rings. The summed E-state index contributed by atoms with van der Waals surface area (Å²) in [6.45, 7) is 3.93. The Bertz CT molecular complexity index is 945. The van der Waals surface area contributed by atoms with E-state index in [2.05, 4.69) is 10.4 Å². The highest BCUT2D eigenvalue weighted by atomic mass is 32.2. The predicted molar refractivity (Wildman–Crippen MR) is 91.8 cm³/mol. The van der Waals surface area contributed by atoms with Gasteiger partial charge in [0.25, 0.3) is 5.91 Å². The zero-order valence-corrected chi connectivity index (χ0v) is 15.1. The van der Waals surface area contributed by atoms with Gasteiger partial charge in [0.2, 0.25) is 0 Å². The second-order valence-corrected chi connectivity index (χ2v) is 8.03. The third-order valence-electron chi connectivity index (χ3n) is 3.58. The summed E-state index contributed by atoms with van der Waals surface area (Å²) in [5.74, 6) is -1.67. The second-order valence-electron chi connectivity index (χ2n) is 6.01. The van der Waals surface area contributed by atoms with E-state index >= 15 is 0 Å². The number of amides is 1. The van der Waals surface area contributed by atoms with E-state index in [0.29, 0.717) is 0 Å². The zero-order chi connectivity index (χ0) is 18.9. The van der Waals surface area contributed by atoms with Gasteiger partial charge in [-0.3, -0.25) is 9.48 Å². The zero-order valence-electron chi connectivity index (χ0n) is 14.3. The molecule has 25 heavy (non-hydrogen) atoms. The molecule has 0 aliphatic rings. The van der Waals surface area contributed by atoms with E-state index < -0.39 is 21.7 Å². The Kier molecular flexibility index (Phi) is 4.98. The molecule has 0 bridgehead atoms. The van der Waals surface area contributed by atoms with Crippen LogP contribution in [0.15, 0.2) is 29.2 Å². The number of aryl methyl sites for hydroxylation is 1. The van der Waals surface area contributed by atoms with Crippen LogP contribution >= 0.6 is 0 Å². The molecule has 0 radical (unpaired) electrons. The van der Waals surface area contributed by atoms with E-state index in [4.69, 9.17) is 5.11 Å². The van der Waals surface area contributed by atoms with Gasteiger partial charge >= 0.3 is 5.97 Å². The molecular weight excluding hydrogens is 346 g/mol. The monoisotopic (exact) mass is 365 g/mol. The quantitative estimate of drug-likeness (QED) is 0.835. The Hall–Kier alpha value is -2.68. The first-order chi connectivity index (χ1) is 11.5. The number of hydrogen-bond donors (Lipinski definition) is 2. The van der Waals surface area contributed by atoms with Crippen LogP contribution < -0.4 is 5.32 Å². The lowest BCUT2D eigenvalue weighted by Crippen LogP contribution is -2.14. The Labute approximate surface area is 145 Å². The Morgan fingerprint density at radius 3 is 2.32 bits per heavy atom. The molecule has 2 N–H and O–H groups in total. The van der Waals surface area contributed by atoms with E-state index in [-0.39, 0.29) is 27.8 Å². The van der Waals surface area contributed by atoms with E-state index in [0.717, 1.165) is 18.0 Å². The van der Waals surface area contributed by atoms with Crippen LogP contribution in [0.1, 0.15) is 46.3 Å². The number of carbonyl (C=O) groups is 2. The summed E-state index contributed by atoms with van der Waals surface area (Å²) >= 11 is 0. The first-order valence-electron chi connectivity index (χ1n) is 7.42. The van der Waals surface area contributed by atoms with Gasteiger partial charge in [-0.1, -0.05) is 13.8 Å². The standard InChI is InChI=1S/C16H19N3O5S/c1-9(2)14-8-13(18-19(14)3)15(20)17-11-5-10(16(21)22)6-12(7-11)25(4,23)24/h5-9H,1-4H3,(H,17,20)(H,21,22). The van der Waals surface area contributed by atoms with Crippen LogP contribution in [0.3, 0.4) is 0 Å². The van der Waals surface area contributed by atoms with Gasteiger partial charge in [-0.2, -0.15) is 5.10 Å². The van der Waals surface area contributed by atoms with Crippen molar-refractivity contribution in [3.8, 4) is 0 Å². The molecule has 0 aliphatic carbocycles.